The number of rotatable bonds is 4. The topological polar surface area (TPSA) is 49.4 Å². The minimum atomic E-state index is -0.633. The SMILES string of the molecule is CCCC[C@@H]1C(=O)NC(=S)N(c2ccccc2)C1=O. The summed E-state index contributed by atoms with van der Waals surface area (Å²) in [5.41, 5.74) is 0.694. The molecule has 1 atom stereocenters. The molecule has 1 aliphatic rings. The van der Waals surface area contributed by atoms with Crippen LogP contribution in [0.15, 0.2) is 30.3 Å². The summed E-state index contributed by atoms with van der Waals surface area (Å²) in [6.45, 7) is 2.03. The molecule has 1 aliphatic heterocycles. The van der Waals surface area contributed by atoms with Gasteiger partial charge in [-0.2, -0.15) is 0 Å². The molecule has 5 heteroatoms. The van der Waals surface area contributed by atoms with Crippen molar-refractivity contribution in [2.45, 2.75) is 26.2 Å². The number of nitrogens with one attached hydrogen (secondary N) is 1. The Morgan fingerprint density at radius 2 is 1.95 bits per heavy atom. The second kappa shape index (κ2) is 5.93. The number of nitrogens with zero attached hydrogens (tertiary/aromatic N) is 1. The van der Waals surface area contributed by atoms with Gasteiger partial charge in [-0.1, -0.05) is 38.0 Å². The molecule has 0 bridgehead atoms. The second-order valence-electron chi connectivity index (χ2n) is 4.50. The summed E-state index contributed by atoms with van der Waals surface area (Å²) >= 11 is 5.10. The fourth-order valence-electron chi connectivity index (χ4n) is 2.10. The molecule has 0 unspecified atom stereocenters. The van der Waals surface area contributed by atoms with Crippen molar-refractivity contribution < 1.29 is 9.59 Å². The molecule has 0 aromatic heterocycles. The molecule has 1 saturated heterocycles. The third-order valence-corrected chi connectivity index (χ3v) is 3.41. The molecule has 0 spiro atoms. The van der Waals surface area contributed by atoms with Gasteiger partial charge in [0.25, 0.3) is 0 Å². The Morgan fingerprint density at radius 3 is 2.58 bits per heavy atom. The van der Waals surface area contributed by atoms with Crippen LogP contribution < -0.4 is 10.2 Å². The molecule has 2 amide bonds. The lowest BCUT2D eigenvalue weighted by atomic mass is 9.97. The minimum absolute atomic E-state index is 0.161. The van der Waals surface area contributed by atoms with Gasteiger partial charge in [0.05, 0.1) is 5.69 Å². The highest BCUT2D eigenvalue weighted by molar-refractivity contribution is 7.80. The average Bonchev–Trinajstić information content (AvgIpc) is 2.39. The Bertz CT molecular complexity index is 501. The van der Waals surface area contributed by atoms with Crippen molar-refractivity contribution in [1.29, 1.82) is 0 Å². The predicted octanol–water partition coefficient (Wildman–Crippen LogP) is 2.24. The van der Waals surface area contributed by atoms with E-state index in [1.165, 1.54) is 4.90 Å². The first-order valence-corrected chi connectivity index (χ1v) is 6.79. The summed E-state index contributed by atoms with van der Waals surface area (Å²) in [7, 11) is 0. The van der Waals surface area contributed by atoms with Crippen molar-refractivity contribution in [3.05, 3.63) is 30.3 Å². The van der Waals surface area contributed by atoms with Crippen LogP contribution in [0.5, 0.6) is 0 Å². The zero-order chi connectivity index (χ0) is 13.8. The Kier molecular flexibility index (Phi) is 4.27. The summed E-state index contributed by atoms with van der Waals surface area (Å²) < 4.78 is 0. The maximum atomic E-state index is 12.4. The standard InChI is InChI=1S/C14H16N2O2S/c1-2-3-9-11-12(17)15-14(19)16(13(11)18)10-7-5-4-6-8-10/h4-8,11H,2-3,9H2,1H3,(H,15,17,19)/t11-/m1/s1. The molecule has 1 aromatic carbocycles. The lowest BCUT2D eigenvalue weighted by molar-refractivity contribution is -0.134. The van der Waals surface area contributed by atoms with E-state index in [0.717, 1.165) is 12.8 Å². The van der Waals surface area contributed by atoms with E-state index in [-0.39, 0.29) is 16.9 Å². The second-order valence-corrected chi connectivity index (χ2v) is 4.89. The van der Waals surface area contributed by atoms with E-state index in [0.29, 0.717) is 12.1 Å². The van der Waals surface area contributed by atoms with Crippen molar-refractivity contribution in [1.82, 2.24) is 5.32 Å². The van der Waals surface area contributed by atoms with Crippen molar-refractivity contribution in [3.63, 3.8) is 0 Å². The summed E-state index contributed by atoms with van der Waals surface area (Å²) in [4.78, 5) is 25.7. The fraction of sp³-hybridized carbons (Fsp3) is 0.357. The first-order chi connectivity index (χ1) is 9.15. The molecule has 1 N–H and O–H groups in total. The molecular weight excluding hydrogens is 260 g/mol. The lowest BCUT2D eigenvalue weighted by Gasteiger charge is -2.32. The lowest BCUT2D eigenvalue weighted by Crippen LogP contribution is -2.58. The highest BCUT2D eigenvalue weighted by Crippen LogP contribution is 2.23. The van der Waals surface area contributed by atoms with Gasteiger partial charge in [-0.05, 0) is 30.8 Å². The van der Waals surface area contributed by atoms with E-state index in [4.69, 9.17) is 12.2 Å². The van der Waals surface area contributed by atoms with Gasteiger partial charge < -0.3 is 5.32 Å². The van der Waals surface area contributed by atoms with Crippen LogP contribution >= 0.6 is 12.2 Å². The molecular formula is C14H16N2O2S. The number of para-hydroxylation sites is 1. The number of carbonyl (C=O) groups is 2. The fourth-order valence-corrected chi connectivity index (χ4v) is 2.40. The predicted molar refractivity (Wildman–Crippen MR) is 77.7 cm³/mol. The number of benzene rings is 1. The van der Waals surface area contributed by atoms with E-state index in [1.807, 2.05) is 25.1 Å². The highest BCUT2D eigenvalue weighted by Gasteiger charge is 2.38. The van der Waals surface area contributed by atoms with Gasteiger partial charge in [-0.15, -0.1) is 0 Å². The van der Waals surface area contributed by atoms with E-state index < -0.39 is 5.92 Å². The number of anilines is 1. The Hall–Kier alpha value is -1.75. The maximum absolute atomic E-state index is 12.4. The maximum Gasteiger partial charge on any atom is 0.245 e. The van der Waals surface area contributed by atoms with Gasteiger partial charge in [0.2, 0.25) is 11.8 Å². The normalized spacial score (nSPS) is 19.5. The third kappa shape index (κ3) is 2.81. The monoisotopic (exact) mass is 276 g/mol. The third-order valence-electron chi connectivity index (χ3n) is 3.13. The number of carbonyl (C=O) groups excluding carboxylic acids is 2. The van der Waals surface area contributed by atoms with Crippen LogP contribution in [-0.2, 0) is 9.59 Å². The van der Waals surface area contributed by atoms with Crippen molar-refractivity contribution in [3.8, 4) is 0 Å². The largest absolute Gasteiger partial charge is 0.302 e. The average molecular weight is 276 g/mol. The molecule has 100 valence electrons. The molecule has 0 aliphatic carbocycles. The smallest absolute Gasteiger partial charge is 0.245 e. The van der Waals surface area contributed by atoms with Crippen LogP contribution in [0.3, 0.4) is 0 Å². The highest BCUT2D eigenvalue weighted by atomic mass is 32.1. The Balaban J connectivity index is 2.26. The number of amides is 2. The molecule has 1 aromatic rings. The van der Waals surface area contributed by atoms with Crippen LogP contribution in [0, 0.1) is 5.92 Å². The van der Waals surface area contributed by atoms with E-state index >= 15 is 0 Å². The number of hydrogen-bond donors (Lipinski definition) is 1. The Labute approximate surface area is 117 Å². The van der Waals surface area contributed by atoms with E-state index in [9.17, 15) is 9.59 Å². The van der Waals surface area contributed by atoms with Crippen LogP contribution in [0.2, 0.25) is 0 Å². The molecule has 19 heavy (non-hydrogen) atoms. The van der Waals surface area contributed by atoms with Gasteiger partial charge in [0.15, 0.2) is 5.11 Å². The number of thiocarbonyl (C=S) groups is 1. The van der Waals surface area contributed by atoms with Crippen LogP contribution in [-0.4, -0.2) is 16.9 Å². The molecule has 1 heterocycles. The van der Waals surface area contributed by atoms with E-state index in [1.54, 1.807) is 12.1 Å². The molecule has 1 fully saturated rings. The van der Waals surface area contributed by atoms with Gasteiger partial charge in [0, 0.05) is 0 Å². The van der Waals surface area contributed by atoms with Crippen LogP contribution in [0.1, 0.15) is 26.2 Å². The summed E-state index contributed by atoms with van der Waals surface area (Å²) in [6, 6.07) is 9.15. The number of unbranched alkanes of at least 4 members (excludes halogenated alkanes) is 1. The van der Waals surface area contributed by atoms with Gasteiger partial charge in [-0.25, -0.2) is 0 Å². The molecule has 2 rings (SSSR count). The summed E-state index contributed by atoms with van der Waals surface area (Å²) in [5.74, 6) is -1.14. The zero-order valence-corrected chi connectivity index (χ0v) is 11.6. The van der Waals surface area contributed by atoms with Crippen molar-refractivity contribution >= 4 is 34.8 Å². The molecule has 0 saturated carbocycles. The van der Waals surface area contributed by atoms with E-state index in [2.05, 4.69) is 5.32 Å². The molecule has 4 nitrogen and oxygen atoms in total. The minimum Gasteiger partial charge on any atom is -0.302 e. The van der Waals surface area contributed by atoms with Gasteiger partial charge in [-0.3, -0.25) is 14.5 Å². The zero-order valence-electron chi connectivity index (χ0n) is 10.8. The van der Waals surface area contributed by atoms with Crippen molar-refractivity contribution in [2.24, 2.45) is 5.92 Å². The van der Waals surface area contributed by atoms with Gasteiger partial charge >= 0.3 is 0 Å². The number of hydrogen-bond acceptors (Lipinski definition) is 3. The summed E-state index contributed by atoms with van der Waals surface area (Å²) in [6.07, 6.45) is 2.36. The van der Waals surface area contributed by atoms with Crippen LogP contribution in [0.25, 0.3) is 0 Å². The van der Waals surface area contributed by atoms with Crippen LogP contribution in [0.4, 0.5) is 5.69 Å². The van der Waals surface area contributed by atoms with Crippen molar-refractivity contribution in [2.75, 3.05) is 4.90 Å². The van der Waals surface area contributed by atoms with Gasteiger partial charge in [0.1, 0.15) is 5.92 Å². The Morgan fingerprint density at radius 1 is 1.26 bits per heavy atom. The molecule has 0 radical (unpaired) electrons. The first-order valence-electron chi connectivity index (χ1n) is 6.39. The first kappa shape index (κ1) is 13.7. The quantitative estimate of drug-likeness (QED) is 0.678. The summed E-state index contributed by atoms with van der Waals surface area (Å²) in [5, 5.41) is 2.78.